The molecule has 1 aliphatic rings. The summed E-state index contributed by atoms with van der Waals surface area (Å²) in [5.41, 5.74) is 3.43. The third kappa shape index (κ3) is 5.76. The highest BCUT2D eigenvalue weighted by Gasteiger charge is 2.35. The fourth-order valence-corrected chi connectivity index (χ4v) is 4.02. The second-order valence-electron chi connectivity index (χ2n) is 9.81. The van der Waals surface area contributed by atoms with Gasteiger partial charge in [0, 0.05) is 36.5 Å². The van der Waals surface area contributed by atoms with Gasteiger partial charge in [-0.15, -0.1) is 0 Å². The zero-order valence-electron chi connectivity index (χ0n) is 20.4. The summed E-state index contributed by atoms with van der Waals surface area (Å²) >= 11 is 0. The molecule has 1 saturated carbocycles. The van der Waals surface area contributed by atoms with Crippen LogP contribution in [-0.2, 0) is 27.4 Å². The summed E-state index contributed by atoms with van der Waals surface area (Å²) in [6.07, 6.45) is 2.71. The predicted molar refractivity (Wildman–Crippen MR) is 131 cm³/mol. The number of benzene rings is 2. The van der Waals surface area contributed by atoms with E-state index in [9.17, 15) is 9.59 Å². The van der Waals surface area contributed by atoms with Crippen molar-refractivity contribution in [3.8, 4) is 11.3 Å². The van der Waals surface area contributed by atoms with E-state index in [0.29, 0.717) is 25.9 Å². The molecule has 7 nitrogen and oxygen atoms in total. The van der Waals surface area contributed by atoms with Crippen molar-refractivity contribution < 1.29 is 19.1 Å². The van der Waals surface area contributed by atoms with E-state index < -0.39 is 5.60 Å². The summed E-state index contributed by atoms with van der Waals surface area (Å²) in [4.78, 5) is 26.3. The van der Waals surface area contributed by atoms with Gasteiger partial charge in [0.25, 0.3) is 0 Å². The van der Waals surface area contributed by atoms with Gasteiger partial charge in [0.15, 0.2) is 0 Å². The molecule has 0 aliphatic heterocycles. The maximum Gasteiger partial charge on any atom is 0.410 e. The Labute approximate surface area is 200 Å². The third-order valence-corrected chi connectivity index (χ3v) is 5.81. The van der Waals surface area contributed by atoms with Crippen LogP contribution in [0.4, 0.5) is 4.79 Å². The highest BCUT2D eigenvalue weighted by molar-refractivity contribution is 5.93. The number of rotatable bonds is 8. The molecule has 1 aliphatic carbocycles. The van der Waals surface area contributed by atoms with Crippen molar-refractivity contribution in [2.75, 3.05) is 7.11 Å². The molecule has 7 heteroatoms. The summed E-state index contributed by atoms with van der Waals surface area (Å²) in [6.45, 7) is 6.75. The molecular formula is C27H33N3O4. The molecule has 1 aromatic heterocycles. The van der Waals surface area contributed by atoms with Crippen LogP contribution in [0.3, 0.4) is 0 Å². The van der Waals surface area contributed by atoms with Gasteiger partial charge in [-0.25, -0.2) is 4.79 Å². The number of ether oxygens (including phenoxy) is 2. The minimum Gasteiger partial charge on any atom is -0.469 e. The first-order valence-corrected chi connectivity index (χ1v) is 11.9. The summed E-state index contributed by atoms with van der Waals surface area (Å²) in [6, 6.07) is 16.6. The Morgan fingerprint density at radius 2 is 1.85 bits per heavy atom. The predicted octanol–water partition coefficient (Wildman–Crippen LogP) is 5.56. The molecule has 4 rings (SSSR count). The quantitative estimate of drug-likeness (QED) is 0.409. The monoisotopic (exact) mass is 463 g/mol. The van der Waals surface area contributed by atoms with Gasteiger partial charge in [-0.05, 0) is 51.7 Å². The summed E-state index contributed by atoms with van der Waals surface area (Å²) in [5, 5.41) is 5.94. The Bertz CT molecular complexity index is 1160. The van der Waals surface area contributed by atoms with Crippen LogP contribution < -0.4 is 0 Å². The molecule has 1 heterocycles. The Morgan fingerprint density at radius 3 is 2.50 bits per heavy atom. The van der Waals surface area contributed by atoms with Crippen molar-refractivity contribution in [2.24, 2.45) is 0 Å². The van der Waals surface area contributed by atoms with Gasteiger partial charge in [0.2, 0.25) is 0 Å². The number of nitrogens with zero attached hydrogens (tertiary/aromatic N) is 3. The molecule has 2 aromatic carbocycles. The van der Waals surface area contributed by atoms with Crippen molar-refractivity contribution in [2.45, 2.75) is 71.2 Å². The lowest BCUT2D eigenvalue weighted by Gasteiger charge is -2.27. The smallest absolute Gasteiger partial charge is 0.410 e. The van der Waals surface area contributed by atoms with E-state index in [1.54, 1.807) is 0 Å². The normalized spacial score (nSPS) is 13.6. The second kappa shape index (κ2) is 9.87. The number of amides is 1. The van der Waals surface area contributed by atoms with Gasteiger partial charge < -0.3 is 14.4 Å². The number of carbonyl (C=O) groups is 2. The molecule has 0 atom stereocenters. The standard InChI is InChI=1S/C27H33N3O4/c1-27(2,3)34-26(32)29(21-13-14-21)18-19-12-15-22-23(17-19)30(16-8-11-24(31)33-4)28-25(22)20-9-6-5-7-10-20/h5-7,9-10,12,15,17,21H,8,11,13-14,16,18H2,1-4H3. The van der Waals surface area contributed by atoms with E-state index >= 15 is 0 Å². The third-order valence-electron chi connectivity index (χ3n) is 5.81. The minimum absolute atomic E-state index is 0.224. The van der Waals surface area contributed by atoms with Crippen molar-refractivity contribution in [1.29, 1.82) is 0 Å². The minimum atomic E-state index is -0.531. The number of aryl methyl sites for hydroxylation is 1. The first kappa shape index (κ1) is 23.8. The molecule has 0 bridgehead atoms. The molecule has 0 radical (unpaired) electrons. The average molecular weight is 464 g/mol. The fraction of sp³-hybridized carbons (Fsp3) is 0.444. The fourth-order valence-electron chi connectivity index (χ4n) is 4.02. The number of hydrogen-bond acceptors (Lipinski definition) is 5. The number of aromatic nitrogens is 2. The zero-order valence-corrected chi connectivity index (χ0v) is 20.4. The molecule has 1 fully saturated rings. The maximum atomic E-state index is 12.8. The lowest BCUT2D eigenvalue weighted by atomic mass is 10.1. The Hall–Kier alpha value is -3.35. The molecule has 0 unspecified atom stereocenters. The zero-order chi connectivity index (χ0) is 24.3. The van der Waals surface area contributed by atoms with Crippen LogP contribution in [0.15, 0.2) is 48.5 Å². The van der Waals surface area contributed by atoms with Gasteiger partial charge in [-0.1, -0.05) is 42.5 Å². The Balaban J connectivity index is 1.64. The molecule has 3 aromatic rings. The highest BCUT2D eigenvalue weighted by Crippen LogP contribution is 2.32. The number of fused-ring (bicyclic) bond motifs is 1. The first-order valence-electron chi connectivity index (χ1n) is 11.9. The van der Waals surface area contributed by atoms with Crippen molar-refractivity contribution >= 4 is 23.0 Å². The molecule has 0 N–H and O–H groups in total. The van der Waals surface area contributed by atoms with Crippen LogP contribution >= 0.6 is 0 Å². The lowest BCUT2D eigenvalue weighted by Crippen LogP contribution is -2.37. The van der Waals surface area contributed by atoms with E-state index in [1.807, 2.05) is 60.7 Å². The molecule has 34 heavy (non-hydrogen) atoms. The number of methoxy groups -OCH3 is 1. The van der Waals surface area contributed by atoms with E-state index in [2.05, 4.69) is 18.2 Å². The van der Waals surface area contributed by atoms with Gasteiger partial charge in [0.05, 0.1) is 12.6 Å². The average Bonchev–Trinajstić information content (AvgIpc) is 3.58. The molecule has 0 spiro atoms. The van der Waals surface area contributed by atoms with Crippen molar-refractivity contribution in [3.05, 3.63) is 54.1 Å². The number of carbonyl (C=O) groups excluding carboxylic acids is 2. The Morgan fingerprint density at radius 1 is 1.12 bits per heavy atom. The van der Waals surface area contributed by atoms with Crippen LogP contribution in [0.25, 0.3) is 22.2 Å². The molecule has 180 valence electrons. The van der Waals surface area contributed by atoms with Gasteiger partial charge >= 0.3 is 12.1 Å². The summed E-state index contributed by atoms with van der Waals surface area (Å²) in [5.74, 6) is -0.224. The highest BCUT2D eigenvalue weighted by atomic mass is 16.6. The van der Waals surface area contributed by atoms with E-state index in [1.165, 1.54) is 7.11 Å². The van der Waals surface area contributed by atoms with Crippen LogP contribution in [0.2, 0.25) is 0 Å². The van der Waals surface area contributed by atoms with Crippen LogP contribution in [0, 0.1) is 0 Å². The van der Waals surface area contributed by atoms with Gasteiger partial charge in [-0.3, -0.25) is 9.48 Å². The lowest BCUT2D eigenvalue weighted by molar-refractivity contribution is -0.140. The first-order chi connectivity index (χ1) is 16.2. The molecular weight excluding hydrogens is 430 g/mol. The van der Waals surface area contributed by atoms with E-state index in [4.69, 9.17) is 14.6 Å². The van der Waals surface area contributed by atoms with Crippen molar-refractivity contribution in [3.63, 3.8) is 0 Å². The molecule has 1 amide bonds. The summed E-state index contributed by atoms with van der Waals surface area (Å²) in [7, 11) is 1.40. The van der Waals surface area contributed by atoms with Crippen LogP contribution in [0.1, 0.15) is 52.0 Å². The molecule has 0 saturated heterocycles. The maximum absolute atomic E-state index is 12.8. The number of esters is 1. The summed E-state index contributed by atoms with van der Waals surface area (Å²) < 4.78 is 12.4. The van der Waals surface area contributed by atoms with E-state index in [-0.39, 0.29) is 18.1 Å². The largest absolute Gasteiger partial charge is 0.469 e. The SMILES string of the molecule is COC(=O)CCCn1nc(-c2ccccc2)c2ccc(CN(C(=O)OC(C)(C)C)C3CC3)cc21. The van der Waals surface area contributed by atoms with Crippen LogP contribution in [0.5, 0.6) is 0 Å². The number of hydrogen-bond donors (Lipinski definition) is 0. The van der Waals surface area contributed by atoms with E-state index in [0.717, 1.165) is 40.6 Å². The Kier molecular flexibility index (Phi) is 6.91. The second-order valence-corrected chi connectivity index (χ2v) is 9.81. The van der Waals surface area contributed by atoms with Gasteiger partial charge in [-0.2, -0.15) is 5.10 Å². The topological polar surface area (TPSA) is 73.7 Å². The van der Waals surface area contributed by atoms with Crippen molar-refractivity contribution in [1.82, 2.24) is 14.7 Å². The van der Waals surface area contributed by atoms with Gasteiger partial charge in [0.1, 0.15) is 11.3 Å². The van der Waals surface area contributed by atoms with Crippen LogP contribution in [-0.4, -0.2) is 45.5 Å².